The van der Waals surface area contributed by atoms with Crippen molar-refractivity contribution in [3.63, 3.8) is 0 Å². The second kappa shape index (κ2) is 9.86. The van der Waals surface area contributed by atoms with E-state index in [1.807, 2.05) is 0 Å². The number of hydrogen-bond donors (Lipinski definition) is 1. The first-order valence-corrected chi connectivity index (χ1v) is 11.5. The molecule has 170 valence electrons. The lowest BCUT2D eigenvalue weighted by atomic mass is 10.2. The van der Waals surface area contributed by atoms with Crippen molar-refractivity contribution in [2.24, 2.45) is 0 Å². The molecule has 1 aliphatic rings. The lowest BCUT2D eigenvalue weighted by Gasteiger charge is -2.20. The number of hydrogen-bond acceptors (Lipinski definition) is 8. The van der Waals surface area contributed by atoms with Gasteiger partial charge in [-0.25, -0.2) is 14.8 Å². The number of benzene rings is 1. The van der Waals surface area contributed by atoms with E-state index >= 15 is 0 Å². The highest BCUT2D eigenvalue weighted by atomic mass is 32.2. The largest absolute Gasteiger partial charge is 0.461 e. The summed E-state index contributed by atoms with van der Waals surface area (Å²) in [5.41, 5.74) is 1.74. The zero-order valence-corrected chi connectivity index (χ0v) is 19.0. The highest BCUT2D eigenvalue weighted by Gasteiger charge is 2.25. The summed E-state index contributed by atoms with van der Waals surface area (Å²) in [6.45, 7) is 1.79. The fourth-order valence-corrected chi connectivity index (χ4v) is 4.17. The third-order valence-electron chi connectivity index (χ3n) is 5.07. The molecule has 1 N–H and O–H groups in total. The minimum Gasteiger partial charge on any atom is -0.461 e. The molecule has 0 unspecified atom stereocenters. The standard InChI is InChI=1S/C23H22N4O5S/c1-14-20(22(33-2)26-21(24-14)17-9-6-12-31-17)23(30)32-13-18(28)25-15-7-3-4-8-16(15)27-11-5-10-19(27)29/h3-4,6-9,12H,5,10-11,13H2,1-2H3,(H,25,28). The summed E-state index contributed by atoms with van der Waals surface area (Å²) in [5.74, 6) is -0.340. The highest BCUT2D eigenvalue weighted by Crippen LogP contribution is 2.29. The first-order chi connectivity index (χ1) is 16.0. The summed E-state index contributed by atoms with van der Waals surface area (Å²) >= 11 is 1.27. The Morgan fingerprint density at radius 1 is 1.21 bits per heavy atom. The van der Waals surface area contributed by atoms with E-state index in [-0.39, 0.29) is 11.5 Å². The van der Waals surface area contributed by atoms with Gasteiger partial charge in [0.1, 0.15) is 10.6 Å². The molecule has 0 bridgehead atoms. The number of carbonyl (C=O) groups excluding carboxylic acids is 3. The Morgan fingerprint density at radius 2 is 2.03 bits per heavy atom. The molecule has 1 aliphatic heterocycles. The SMILES string of the molecule is CSc1nc(-c2ccco2)nc(C)c1C(=O)OCC(=O)Nc1ccccc1N1CCCC1=O. The Bertz CT molecular complexity index is 1200. The van der Waals surface area contributed by atoms with Gasteiger partial charge < -0.3 is 19.4 Å². The molecule has 10 heteroatoms. The molecule has 0 spiro atoms. The average molecular weight is 467 g/mol. The van der Waals surface area contributed by atoms with E-state index in [4.69, 9.17) is 9.15 Å². The van der Waals surface area contributed by atoms with Gasteiger partial charge in [0.25, 0.3) is 5.91 Å². The molecule has 1 fully saturated rings. The minimum absolute atomic E-state index is 0.0150. The number of rotatable bonds is 7. The molecular weight excluding hydrogens is 444 g/mol. The van der Waals surface area contributed by atoms with Crippen LogP contribution in [0.4, 0.5) is 11.4 Å². The predicted octanol–water partition coefficient (Wildman–Crippen LogP) is 3.69. The van der Waals surface area contributed by atoms with Crippen molar-refractivity contribution < 1.29 is 23.5 Å². The highest BCUT2D eigenvalue weighted by molar-refractivity contribution is 7.98. The van der Waals surface area contributed by atoms with Gasteiger partial charge in [0.05, 0.1) is 23.3 Å². The predicted molar refractivity (Wildman–Crippen MR) is 123 cm³/mol. The molecule has 0 radical (unpaired) electrons. The first kappa shape index (κ1) is 22.5. The smallest absolute Gasteiger partial charge is 0.343 e. The number of furan rings is 1. The topological polar surface area (TPSA) is 115 Å². The van der Waals surface area contributed by atoms with E-state index in [0.717, 1.165) is 6.42 Å². The zero-order chi connectivity index (χ0) is 23.4. The molecule has 3 heterocycles. The molecule has 2 amide bonds. The maximum Gasteiger partial charge on any atom is 0.343 e. The molecule has 0 atom stereocenters. The van der Waals surface area contributed by atoms with Crippen molar-refractivity contribution in [3.8, 4) is 11.6 Å². The van der Waals surface area contributed by atoms with Crippen LogP contribution in [-0.4, -0.2) is 47.2 Å². The number of anilines is 2. The average Bonchev–Trinajstić information content (AvgIpc) is 3.49. The number of carbonyl (C=O) groups is 3. The van der Waals surface area contributed by atoms with Crippen LogP contribution in [0.15, 0.2) is 52.1 Å². The molecule has 3 aromatic rings. The zero-order valence-electron chi connectivity index (χ0n) is 18.2. The Hall–Kier alpha value is -3.66. The molecular formula is C23H22N4O5S. The number of para-hydroxylation sites is 2. The molecule has 0 aliphatic carbocycles. The van der Waals surface area contributed by atoms with Crippen molar-refractivity contribution >= 4 is 40.9 Å². The third-order valence-corrected chi connectivity index (χ3v) is 5.75. The van der Waals surface area contributed by atoms with Gasteiger partial charge in [0, 0.05) is 13.0 Å². The number of ether oxygens (including phenoxy) is 1. The van der Waals surface area contributed by atoms with Crippen LogP contribution in [-0.2, 0) is 14.3 Å². The quantitative estimate of drug-likeness (QED) is 0.319. The van der Waals surface area contributed by atoms with Crippen molar-refractivity contribution in [1.29, 1.82) is 0 Å². The van der Waals surface area contributed by atoms with E-state index in [1.54, 1.807) is 54.5 Å². The maximum atomic E-state index is 12.7. The summed E-state index contributed by atoms with van der Waals surface area (Å²) < 4.78 is 10.6. The van der Waals surface area contributed by atoms with Crippen LogP contribution in [0.5, 0.6) is 0 Å². The van der Waals surface area contributed by atoms with Crippen molar-refractivity contribution in [1.82, 2.24) is 9.97 Å². The normalized spacial score (nSPS) is 13.3. The van der Waals surface area contributed by atoms with Gasteiger partial charge in [-0.15, -0.1) is 11.8 Å². The number of aryl methyl sites for hydroxylation is 1. The Balaban J connectivity index is 1.45. The summed E-state index contributed by atoms with van der Waals surface area (Å²) in [4.78, 5) is 47.7. The van der Waals surface area contributed by atoms with Gasteiger partial charge in [0.15, 0.2) is 18.2 Å². The molecule has 33 heavy (non-hydrogen) atoms. The molecule has 1 aromatic carbocycles. The number of amides is 2. The number of thioether (sulfide) groups is 1. The van der Waals surface area contributed by atoms with E-state index in [0.29, 0.717) is 46.6 Å². The van der Waals surface area contributed by atoms with Gasteiger partial charge in [-0.2, -0.15) is 0 Å². The van der Waals surface area contributed by atoms with Crippen molar-refractivity contribution in [2.75, 3.05) is 29.6 Å². The van der Waals surface area contributed by atoms with E-state index in [2.05, 4.69) is 15.3 Å². The van der Waals surface area contributed by atoms with Crippen LogP contribution >= 0.6 is 11.8 Å². The van der Waals surface area contributed by atoms with Crippen LogP contribution in [0.3, 0.4) is 0 Å². The van der Waals surface area contributed by atoms with E-state index < -0.39 is 18.5 Å². The fraction of sp³-hybridized carbons (Fsp3) is 0.261. The van der Waals surface area contributed by atoms with Crippen LogP contribution in [0.2, 0.25) is 0 Å². The van der Waals surface area contributed by atoms with Gasteiger partial charge in [0.2, 0.25) is 5.91 Å². The second-order valence-corrected chi connectivity index (χ2v) is 8.08. The van der Waals surface area contributed by atoms with Crippen LogP contribution in [0.25, 0.3) is 11.6 Å². The van der Waals surface area contributed by atoms with Crippen molar-refractivity contribution in [2.45, 2.75) is 24.8 Å². The summed E-state index contributed by atoms with van der Waals surface area (Å²) in [5, 5.41) is 3.15. The first-order valence-electron chi connectivity index (χ1n) is 10.3. The molecule has 1 saturated heterocycles. The number of esters is 1. The number of nitrogens with one attached hydrogen (secondary N) is 1. The second-order valence-electron chi connectivity index (χ2n) is 7.28. The Morgan fingerprint density at radius 3 is 2.73 bits per heavy atom. The summed E-state index contributed by atoms with van der Waals surface area (Å²) in [7, 11) is 0. The maximum absolute atomic E-state index is 12.7. The Kier molecular flexibility index (Phi) is 6.74. The van der Waals surface area contributed by atoms with Crippen molar-refractivity contribution in [3.05, 3.63) is 53.9 Å². The Labute approximate surface area is 194 Å². The summed E-state index contributed by atoms with van der Waals surface area (Å²) in [6, 6.07) is 10.5. The molecule has 4 rings (SSSR count). The van der Waals surface area contributed by atoms with Gasteiger partial charge in [-0.05, 0) is 43.9 Å². The molecule has 9 nitrogen and oxygen atoms in total. The summed E-state index contributed by atoms with van der Waals surface area (Å²) in [6.07, 6.45) is 4.56. The monoisotopic (exact) mass is 466 g/mol. The van der Waals surface area contributed by atoms with Crippen LogP contribution < -0.4 is 10.2 Å². The van der Waals surface area contributed by atoms with Gasteiger partial charge in [-0.3, -0.25) is 9.59 Å². The van der Waals surface area contributed by atoms with Crippen LogP contribution in [0, 0.1) is 6.92 Å². The van der Waals surface area contributed by atoms with Crippen LogP contribution in [0.1, 0.15) is 28.9 Å². The third kappa shape index (κ3) is 4.90. The fourth-order valence-electron chi connectivity index (χ4n) is 3.55. The van der Waals surface area contributed by atoms with Gasteiger partial charge in [-0.1, -0.05) is 12.1 Å². The van der Waals surface area contributed by atoms with Gasteiger partial charge >= 0.3 is 5.97 Å². The van der Waals surface area contributed by atoms with E-state index in [1.165, 1.54) is 18.0 Å². The molecule has 2 aromatic heterocycles. The number of aromatic nitrogens is 2. The lowest BCUT2D eigenvalue weighted by molar-refractivity contribution is -0.119. The lowest BCUT2D eigenvalue weighted by Crippen LogP contribution is -2.27. The van der Waals surface area contributed by atoms with E-state index in [9.17, 15) is 14.4 Å². The number of nitrogens with zero attached hydrogens (tertiary/aromatic N) is 3. The minimum atomic E-state index is -0.694. The molecule has 0 saturated carbocycles.